The highest BCUT2D eigenvalue weighted by molar-refractivity contribution is 5.97. The van der Waals surface area contributed by atoms with Gasteiger partial charge in [0.1, 0.15) is 5.69 Å². The molecule has 1 heterocycles. The third-order valence-corrected chi connectivity index (χ3v) is 5.38. The van der Waals surface area contributed by atoms with E-state index in [4.69, 9.17) is 14.2 Å². The lowest BCUT2D eigenvalue weighted by molar-refractivity contribution is -0.384. The quantitative estimate of drug-likeness (QED) is 0.468. The number of para-hydroxylation sites is 2. The first-order valence-corrected chi connectivity index (χ1v) is 10.2. The first-order valence-electron chi connectivity index (χ1n) is 10.2. The van der Waals surface area contributed by atoms with E-state index in [1.165, 1.54) is 39.5 Å². The predicted octanol–water partition coefficient (Wildman–Crippen LogP) is 1.70. The smallest absolute Gasteiger partial charge is 0.292 e. The van der Waals surface area contributed by atoms with Gasteiger partial charge >= 0.3 is 0 Å². The van der Waals surface area contributed by atoms with Crippen LogP contribution in [0, 0.1) is 10.1 Å². The molecule has 176 valence electrons. The van der Waals surface area contributed by atoms with Crippen molar-refractivity contribution in [3.8, 4) is 17.2 Å². The van der Waals surface area contributed by atoms with Gasteiger partial charge in [0.05, 0.1) is 32.8 Å². The molecule has 3 rings (SSSR count). The van der Waals surface area contributed by atoms with Crippen molar-refractivity contribution < 1.29 is 28.7 Å². The summed E-state index contributed by atoms with van der Waals surface area (Å²) in [6.45, 7) is 1.52. The second kappa shape index (κ2) is 10.5. The van der Waals surface area contributed by atoms with Crippen molar-refractivity contribution in [3.63, 3.8) is 0 Å². The summed E-state index contributed by atoms with van der Waals surface area (Å²) in [5, 5.41) is 13.9. The summed E-state index contributed by atoms with van der Waals surface area (Å²) in [7, 11) is 4.37. The molecule has 1 N–H and O–H groups in total. The van der Waals surface area contributed by atoms with Gasteiger partial charge in [-0.2, -0.15) is 0 Å². The fourth-order valence-electron chi connectivity index (χ4n) is 3.66. The molecule has 1 aliphatic rings. The van der Waals surface area contributed by atoms with E-state index in [0.717, 1.165) is 0 Å². The van der Waals surface area contributed by atoms with E-state index in [0.29, 0.717) is 49.1 Å². The van der Waals surface area contributed by atoms with Gasteiger partial charge in [-0.25, -0.2) is 0 Å². The lowest BCUT2D eigenvalue weighted by atomic mass is 10.1. The minimum absolute atomic E-state index is 0.0369. The zero-order valence-corrected chi connectivity index (χ0v) is 18.7. The van der Waals surface area contributed by atoms with Crippen LogP contribution in [-0.2, 0) is 4.79 Å². The topological polar surface area (TPSA) is 123 Å². The van der Waals surface area contributed by atoms with E-state index in [1.807, 2.05) is 4.90 Å². The monoisotopic (exact) mass is 458 g/mol. The number of ether oxygens (including phenoxy) is 3. The van der Waals surface area contributed by atoms with Gasteiger partial charge in [-0.1, -0.05) is 12.1 Å². The molecular formula is C22H26N4O7. The van der Waals surface area contributed by atoms with E-state index in [-0.39, 0.29) is 23.7 Å². The largest absolute Gasteiger partial charge is 0.493 e. The molecule has 0 unspecified atom stereocenters. The molecule has 0 aliphatic carbocycles. The number of hydrogen-bond acceptors (Lipinski definition) is 8. The highest BCUT2D eigenvalue weighted by Crippen LogP contribution is 2.38. The maximum absolute atomic E-state index is 12.6. The number of hydrogen-bond donors (Lipinski definition) is 1. The van der Waals surface area contributed by atoms with Crippen LogP contribution in [-0.4, -0.2) is 75.7 Å². The molecule has 33 heavy (non-hydrogen) atoms. The number of nitrogens with zero attached hydrogens (tertiary/aromatic N) is 3. The summed E-state index contributed by atoms with van der Waals surface area (Å²) < 4.78 is 15.8. The molecule has 0 bridgehead atoms. The molecule has 0 atom stereocenters. The Morgan fingerprint density at radius 3 is 2.15 bits per heavy atom. The van der Waals surface area contributed by atoms with Gasteiger partial charge in [-0.3, -0.25) is 19.7 Å². The summed E-state index contributed by atoms with van der Waals surface area (Å²) >= 11 is 0. The molecule has 1 aliphatic heterocycles. The third-order valence-electron chi connectivity index (χ3n) is 5.38. The van der Waals surface area contributed by atoms with Gasteiger partial charge < -0.3 is 29.3 Å². The standard InChI is InChI=1S/C22H26N4O7/c1-31-18-12-15(13-19(32-2)21(18)33-3)22(28)23-14-20(27)25-10-8-24(9-11-25)16-6-4-5-7-17(16)26(29)30/h4-7,12-13H,8-11,14H2,1-3H3,(H,23,28). The molecule has 0 aromatic heterocycles. The van der Waals surface area contributed by atoms with Gasteiger partial charge in [0, 0.05) is 37.8 Å². The number of amides is 2. The van der Waals surface area contributed by atoms with Crippen LogP contribution in [0.3, 0.4) is 0 Å². The van der Waals surface area contributed by atoms with Crippen molar-refractivity contribution >= 4 is 23.2 Å². The average molecular weight is 458 g/mol. The normalized spacial score (nSPS) is 13.3. The number of nitro benzene ring substituents is 1. The van der Waals surface area contributed by atoms with Crippen molar-refractivity contribution in [1.82, 2.24) is 10.2 Å². The van der Waals surface area contributed by atoms with Gasteiger partial charge in [0.25, 0.3) is 11.6 Å². The molecule has 0 spiro atoms. The minimum Gasteiger partial charge on any atom is -0.493 e. The number of piperazine rings is 1. The van der Waals surface area contributed by atoms with Crippen LogP contribution in [0.2, 0.25) is 0 Å². The molecule has 0 radical (unpaired) electrons. The maximum atomic E-state index is 12.6. The zero-order valence-electron chi connectivity index (χ0n) is 18.7. The second-order valence-electron chi connectivity index (χ2n) is 7.21. The molecule has 2 aromatic rings. The third kappa shape index (κ3) is 5.25. The van der Waals surface area contributed by atoms with Crippen LogP contribution < -0.4 is 24.4 Å². The molecule has 1 saturated heterocycles. The molecule has 11 nitrogen and oxygen atoms in total. The first-order chi connectivity index (χ1) is 15.9. The van der Waals surface area contributed by atoms with Crippen molar-refractivity contribution in [2.45, 2.75) is 0 Å². The molecule has 0 saturated carbocycles. The minimum atomic E-state index is -0.457. The number of nitrogens with one attached hydrogen (secondary N) is 1. The Hall–Kier alpha value is -4.02. The SMILES string of the molecule is COc1cc(C(=O)NCC(=O)N2CCN(c3ccccc3[N+](=O)[O-])CC2)cc(OC)c1OC. The Morgan fingerprint density at radius 1 is 1.00 bits per heavy atom. The summed E-state index contributed by atoms with van der Waals surface area (Å²) in [6, 6.07) is 9.55. The van der Waals surface area contributed by atoms with Crippen LogP contribution in [0.4, 0.5) is 11.4 Å². The van der Waals surface area contributed by atoms with Crippen molar-refractivity contribution in [3.05, 3.63) is 52.1 Å². The number of anilines is 1. The lowest BCUT2D eigenvalue weighted by Gasteiger charge is -2.35. The number of rotatable bonds is 8. The number of methoxy groups -OCH3 is 3. The number of benzene rings is 2. The van der Waals surface area contributed by atoms with Crippen LogP contribution in [0.25, 0.3) is 0 Å². The van der Waals surface area contributed by atoms with Gasteiger partial charge in [0.2, 0.25) is 11.7 Å². The van der Waals surface area contributed by atoms with Crippen LogP contribution >= 0.6 is 0 Å². The van der Waals surface area contributed by atoms with Crippen molar-refractivity contribution in [2.75, 3.05) is 59.0 Å². The maximum Gasteiger partial charge on any atom is 0.292 e. The Labute approximate surface area is 191 Å². The molecule has 2 aromatic carbocycles. The highest BCUT2D eigenvalue weighted by atomic mass is 16.6. The summed E-state index contributed by atoms with van der Waals surface area (Å²) in [5.74, 6) is 0.335. The number of nitro groups is 1. The lowest BCUT2D eigenvalue weighted by Crippen LogP contribution is -2.51. The van der Waals surface area contributed by atoms with E-state index >= 15 is 0 Å². The van der Waals surface area contributed by atoms with Crippen LogP contribution in [0.5, 0.6) is 17.2 Å². The average Bonchev–Trinajstić information content (AvgIpc) is 2.86. The summed E-state index contributed by atoms with van der Waals surface area (Å²) in [6.07, 6.45) is 0. The highest BCUT2D eigenvalue weighted by Gasteiger charge is 2.26. The van der Waals surface area contributed by atoms with Gasteiger partial charge in [0.15, 0.2) is 11.5 Å². The van der Waals surface area contributed by atoms with Gasteiger partial charge in [-0.05, 0) is 18.2 Å². The zero-order chi connectivity index (χ0) is 24.0. The number of carbonyl (C=O) groups is 2. The fourth-order valence-corrected chi connectivity index (χ4v) is 3.66. The van der Waals surface area contributed by atoms with Crippen LogP contribution in [0.1, 0.15) is 10.4 Å². The Bertz CT molecular complexity index is 1010. The van der Waals surface area contributed by atoms with E-state index < -0.39 is 10.8 Å². The summed E-state index contributed by atoms with van der Waals surface area (Å²) in [5.41, 5.74) is 0.832. The Balaban J connectivity index is 1.58. The van der Waals surface area contributed by atoms with Crippen molar-refractivity contribution in [2.24, 2.45) is 0 Å². The first kappa shape index (κ1) is 23.6. The van der Waals surface area contributed by atoms with Gasteiger partial charge in [-0.15, -0.1) is 0 Å². The molecular weight excluding hydrogens is 432 g/mol. The predicted molar refractivity (Wildman–Crippen MR) is 120 cm³/mol. The van der Waals surface area contributed by atoms with E-state index in [2.05, 4.69) is 5.32 Å². The Morgan fingerprint density at radius 2 is 1.61 bits per heavy atom. The second-order valence-corrected chi connectivity index (χ2v) is 7.21. The number of carbonyl (C=O) groups excluding carboxylic acids is 2. The van der Waals surface area contributed by atoms with E-state index in [1.54, 1.807) is 23.1 Å². The van der Waals surface area contributed by atoms with Crippen molar-refractivity contribution in [1.29, 1.82) is 0 Å². The molecule has 2 amide bonds. The van der Waals surface area contributed by atoms with Crippen LogP contribution in [0.15, 0.2) is 36.4 Å². The Kier molecular flexibility index (Phi) is 7.54. The fraction of sp³-hybridized carbons (Fsp3) is 0.364. The summed E-state index contributed by atoms with van der Waals surface area (Å²) in [4.78, 5) is 39.6. The molecule has 11 heteroatoms. The molecule has 1 fully saturated rings. The van der Waals surface area contributed by atoms with E-state index in [9.17, 15) is 19.7 Å².